The molecule has 4 nitrogen and oxygen atoms in total. The summed E-state index contributed by atoms with van der Waals surface area (Å²) >= 11 is 5.57. The smallest absolute Gasteiger partial charge is 0.195 e. The molecule has 0 amide bonds. The zero-order chi connectivity index (χ0) is 13.6. The highest BCUT2D eigenvalue weighted by molar-refractivity contribution is 7.86. The first kappa shape index (κ1) is 15.4. The van der Waals surface area contributed by atoms with Crippen LogP contribution in [0.3, 0.4) is 0 Å². The summed E-state index contributed by atoms with van der Waals surface area (Å²) in [7, 11) is -0.246. The first-order valence-corrected chi connectivity index (χ1v) is 7.69. The Hall–Kier alpha value is -0.620. The van der Waals surface area contributed by atoms with Gasteiger partial charge in [0.05, 0.1) is 0 Å². The first-order chi connectivity index (χ1) is 8.48. The minimum absolute atomic E-state index is 0.369. The van der Waals surface area contributed by atoms with Crippen LogP contribution in [0, 0.1) is 0 Å². The number of rotatable bonds is 7. The van der Waals surface area contributed by atoms with Gasteiger partial charge in [0.1, 0.15) is 0 Å². The second-order valence-corrected chi connectivity index (χ2v) is 6.63. The number of benzene rings is 1. The largest absolute Gasteiger partial charge is 0.281 e. The van der Waals surface area contributed by atoms with E-state index in [9.17, 15) is 8.42 Å². The molecule has 0 spiro atoms. The van der Waals surface area contributed by atoms with E-state index >= 15 is 0 Å². The molecule has 0 aliphatic carbocycles. The van der Waals surface area contributed by atoms with E-state index in [0.717, 1.165) is 5.56 Å². The van der Waals surface area contributed by atoms with Gasteiger partial charge in [-0.1, -0.05) is 30.3 Å². The van der Waals surface area contributed by atoms with Crippen molar-refractivity contribution in [1.29, 1.82) is 0 Å². The maximum Gasteiger partial charge on any atom is 0.281 e. The molecule has 0 heterocycles. The molecule has 0 aliphatic heterocycles. The third-order valence-electron chi connectivity index (χ3n) is 2.64. The fourth-order valence-electron chi connectivity index (χ4n) is 1.56. The van der Waals surface area contributed by atoms with Gasteiger partial charge in [0, 0.05) is 33.1 Å². The Morgan fingerprint density at radius 1 is 1.11 bits per heavy atom. The van der Waals surface area contributed by atoms with Gasteiger partial charge in [-0.3, -0.25) is 0 Å². The topological polar surface area (TPSA) is 40.6 Å². The van der Waals surface area contributed by atoms with Gasteiger partial charge < -0.3 is 0 Å². The lowest BCUT2D eigenvalue weighted by Gasteiger charge is -2.24. The lowest BCUT2D eigenvalue weighted by Crippen LogP contribution is -2.39. The van der Waals surface area contributed by atoms with Crippen molar-refractivity contribution >= 4 is 21.8 Å². The van der Waals surface area contributed by atoms with E-state index in [-0.39, 0.29) is 0 Å². The van der Waals surface area contributed by atoms with Crippen LogP contribution >= 0.6 is 11.6 Å². The standard InChI is InChI=1S/C12H19ClN2O2S/c1-14(10-6-9-13)18(16,17)15(2)11-12-7-4-3-5-8-12/h3-5,7-8H,6,9-11H2,1-2H3. The fourth-order valence-corrected chi connectivity index (χ4v) is 2.83. The minimum atomic E-state index is -3.40. The van der Waals surface area contributed by atoms with Gasteiger partial charge in [-0.2, -0.15) is 17.0 Å². The normalized spacial score (nSPS) is 12.3. The van der Waals surface area contributed by atoms with E-state index in [1.54, 1.807) is 14.1 Å². The second kappa shape index (κ2) is 7.09. The number of hydrogen-bond acceptors (Lipinski definition) is 2. The molecule has 0 fully saturated rings. The van der Waals surface area contributed by atoms with E-state index in [0.29, 0.717) is 25.4 Å². The van der Waals surface area contributed by atoms with Crippen molar-refractivity contribution in [2.45, 2.75) is 13.0 Å². The molecule has 0 atom stereocenters. The Bertz CT molecular complexity index is 450. The van der Waals surface area contributed by atoms with Crippen LogP contribution in [0.1, 0.15) is 12.0 Å². The van der Waals surface area contributed by atoms with Gasteiger partial charge in [0.15, 0.2) is 0 Å². The van der Waals surface area contributed by atoms with Crippen LogP contribution in [-0.2, 0) is 16.8 Å². The van der Waals surface area contributed by atoms with Crippen LogP contribution in [0.15, 0.2) is 30.3 Å². The van der Waals surface area contributed by atoms with Crippen molar-refractivity contribution in [3.8, 4) is 0 Å². The Labute approximate surface area is 114 Å². The molecule has 0 radical (unpaired) electrons. The Balaban J connectivity index is 2.67. The Morgan fingerprint density at radius 2 is 1.72 bits per heavy atom. The summed E-state index contributed by atoms with van der Waals surface area (Å²) in [4.78, 5) is 0. The summed E-state index contributed by atoms with van der Waals surface area (Å²) in [6.45, 7) is 0.805. The molecule has 0 bridgehead atoms. The SMILES string of the molecule is CN(CCCCl)S(=O)(=O)N(C)Cc1ccccc1. The van der Waals surface area contributed by atoms with E-state index < -0.39 is 10.2 Å². The van der Waals surface area contributed by atoms with Gasteiger partial charge in [0.2, 0.25) is 0 Å². The van der Waals surface area contributed by atoms with Gasteiger partial charge >= 0.3 is 0 Å². The van der Waals surface area contributed by atoms with Crippen molar-refractivity contribution in [1.82, 2.24) is 8.61 Å². The number of nitrogens with zero attached hydrogens (tertiary/aromatic N) is 2. The van der Waals surface area contributed by atoms with Crippen LogP contribution in [0.4, 0.5) is 0 Å². The molecular weight excluding hydrogens is 272 g/mol. The van der Waals surface area contributed by atoms with Crippen molar-refractivity contribution in [3.05, 3.63) is 35.9 Å². The molecule has 102 valence electrons. The lowest BCUT2D eigenvalue weighted by molar-refractivity contribution is 0.389. The average molecular weight is 291 g/mol. The number of alkyl halides is 1. The zero-order valence-corrected chi connectivity index (χ0v) is 12.3. The highest BCUT2D eigenvalue weighted by Crippen LogP contribution is 2.10. The maximum absolute atomic E-state index is 12.1. The van der Waals surface area contributed by atoms with Crippen LogP contribution in [0.25, 0.3) is 0 Å². The third-order valence-corrected chi connectivity index (χ3v) is 4.80. The molecule has 0 saturated heterocycles. The second-order valence-electron chi connectivity index (χ2n) is 4.11. The summed E-state index contributed by atoms with van der Waals surface area (Å²) < 4.78 is 27.0. The molecule has 0 aliphatic rings. The van der Waals surface area contributed by atoms with Gasteiger partial charge in [-0.05, 0) is 12.0 Å². The lowest BCUT2D eigenvalue weighted by atomic mass is 10.2. The fraction of sp³-hybridized carbons (Fsp3) is 0.500. The Morgan fingerprint density at radius 3 is 2.28 bits per heavy atom. The van der Waals surface area contributed by atoms with E-state index in [2.05, 4.69) is 0 Å². The predicted octanol–water partition coefficient (Wildman–Crippen LogP) is 1.92. The number of hydrogen-bond donors (Lipinski definition) is 0. The summed E-state index contributed by atoms with van der Waals surface area (Å²) in [5.74, 6) is 0.461. The van der Waals surface area contributed by atoms with Crippen molar-refractivity contribution in [2.75, 3.05) is 26.5 Å². The molecule has 0 N–H and O–H groups in total. The van der Waals surface area contributed by atoms with Gasteiger partial charge in [0.25, 0.3) is 10.2 Å². The zero-order valence-electron chi connectivity index (χ0n) is 10.7. The van der Waals surface area contributed by atoms with Crippen LogP contribution in [0.5, 0.6) is 0 Å². The minimum Gasteiger partial charge on any atom is -0.195 e. The van der Waals surface area contributed by atoms with Crippen LogP contribution in [-0.4, -0.2) is 43.5 Å². The third kappa shape index (κ3) is 4.24. The Kier molecular flexibility index (Phi) is 6.08. The summed E-state index contributed by atoms with van der Waals surface area (Å²) in [5, 5.41) is 0. The first-order valence-electron chi connectivity index (χ1n) is 5.76. The molecule has 0 saturated carbocycles. The summed E-state index contributed by atoms with van der Waals surface area (Å²) in [6.07, 6.45) is 0.649. The van der Waals surface area contributed by atoms with E-state index in [1.807, 2.05) is 30.3 Å². The van der Waals surface area contributed by atoms with E-state index in [1.165, 1.54) is 8.61 Å². The molecule has 1 rings (SSSR count). The molecular formula is C12H19ClN2O2S. The quantitative estimate of drug-likeness (QED) is 0.720. The monoisotopic (exact) mass is 290 g/mol. The highest BCUT2D eigenvalue weighted by atomic mass is 35.5. The molecule has 0 aromatic heterocycles. The summed E-state index contributed by atoms with van der Waals surface area (Å²) in [6, 6.07) is 9.51. The van der Waals surface area contributed by atoms with Crippen molar-refractivity contribution < 1.29 is 8.42 Å². The predicted molar refractivity (Wildman–Crippen MR) is 74.8 cm³/mol. The number of halogens is 1. The molecule has 0 unspecified atom stereocenters. The van der Waals surface area contributed by atoms with Crippen molar-refractivity contribution in [2.24, 2.45) is 0 Å². The molecule has 1 aromatic carbocycles. The van der Waals surface area contributed by atoms with Gasteiger partial charge in [-0.25, -0.2) is 0 Å². The van der Waals surface area contributed by atoms with Crippen LogP contribution < -0.4 is 0 Å². The van der Waals surface area contributed by atoms with Crippen molar-refractivity contribution in [3.63, 3.8) is 0 Å². The van der Waals surface area contributed by atoms with Crippen LogP contribution in [0.2, 0.25) is 0 Å². The molecule has 1 aromatic rings. The highest BCUT2D eigenvalue weighted by Gasteiger charge is 2.22. The van der Waals surface area contributed by atoms with E-state index in [4.69, 9.17) is 11.6 Å². The van der Waals surface area contributed by atoms with Gasteiger partial charge in [-0.15, -0.1) is 11.6 Å². The summed E-state index contributed by atoms with van der Waals surface area (Å²) in [5.41, 5.74) is 0.967. The molecule has 6 heteroatoms. The maximum atomic E-state index is 12.1. The molecule has 18 heavy (non-hydrogen) atoms. The average Bonchev–Trinajstić information content (AvgIpc) is 2.36.